The first kappa shape index (κ1) is 18.9. The van der Waals surface area contributed by atoms with Crippen LogP contribution in [0.4, 0.5) is 5.82 Å². The van der Waals surface area contributed by atoms with Gasteiger partial charge in [0.25, 0.3) is 5.91 Å². The summed E-state index contributed by atoms with van der Waals surface area (Å²) < 4.78 is 0. The summed E-state index contributed by atoms with van der Waals surface area (Å²) in [7, 11) is 0. The number of aryl methyl sites for hydroxylation is 2. The van der Waals surface area contributed by atoms with Crippen molar-refractivity contribution in [1.29, 1.82) is 0 Å². The number of carbonyl (C=O) groups excluding carboxylic acids is 1. The highest BCUT2D eigenvalue weighted by Gasteiger charge is 2.10. The Morgan fingerprint density at radius 1 is 0.963 bits per heavy atom. The van der Waals surface area contributed by atoms with E-state index in [1.54, 1.807) is 13.0 Å². The fourth-order valence-corrected chi connectivity index (χ4v) is 2.79. The first-order chi connectivity index (χ1) is 13.0. The second-order valence-electron chi connectivity index (χ2n) is 6.34. The average Bonchev–Trinajstić information content (AvgIpc) is 2.65. The molecule has 5 nitrogen and oxygen atoms in total. The van der Waals surface area contributed by atoms with Crippen LogP contribution in [-0.2, 0) is 13.1 Å². The highest BCUT2D eigenvalue weighted by atomic mass is 35.5. The van der Waals surface area contributed by atoms with Gasteiger partial charge in [0.2, 0.25) is 0 Å². The van der Waals surface area contributed by atoms with Gasteiger partial charge in [0.05, 0.1) is 0 Å². The zero-order valence-electron chi connectivity index (χ0n) is 15.3. The zero-order chi connectivity index (χ0) is 19.2. The van der Waals surface area contributed by atoms with Gasteiger partial charge in [0.1, 0.15) is 17.3 Å². The molecule has 2 aromatic carbocycles. The van der Waals surface area contributed by atoms with Gasteiger partial charge in [-0.15, -0.1) is 0 Å². The van der Waals surface area contributed by atoms with Gasteiger partial charge in [-0.05, 0) is 37.1 Å². The Kier molecular flexibility index (Phi) is 6.04. The molecule has 1 aromatic heterocycles. The number of amides is 1. The van der Waals surface area contributed by atoms with Crippen LogP contribution in [0.15, 0.2) is 54.6 Å². The lowest BCUT2D eigenvalue weighted by Gasteiger charge is -2.10. The molecule has 3 aromatic rings. The van der Waals surface area contributed by atoms with Crippen LogP contribution in [0.2, 0.25) is 5.02 Å². The fourth-order valence-electron chi connectivity index (χ4n) is 2.66. The topological polar surface area (TPSA) is 66.9 Å². The number of hydrogen-bond acceptors (Lipinski definition) is 4. The lowest BCUT2D eigenvalue weighted by molar-refractivity contribution is 0.0945. The number of aromatic nitrogens is 2. The van der Waals surface area contributed by atoms with Crippen molar-refractivity contribution < 1.29 is 4.79 Å². The van der Waals surface area contributed by atoms with Gasteiger partial charge in [-0.1, -0.05) is 53.6 Å². The van der Waals surface area contributed by atoms with E-state index >= 15 is 0 Å². The number of nitrogens with one attached hydrogen (secondary N) is 2. The van der Waals surface area contributed by atoms with E-state index in [1.807, 2.05) is 55.5 Å². The maximum Gasteiger partial charge on any atom is 0.270 e. The number of hydrogen-bond donors (Lipinski definition) is 2. The molecule has 0 saturated carbocycles. The molecule has 0 spiro atoms. The van der Waals surface area contributed by atoms with Crippen LogP contribution in [0.5, 0.6) is 0 Å². The Morgan fingerprint density at radius 2 is 1.74 bits per heavy atom. The summed E-state index contributed by atoms with van der Waals surface area (Å²) in [5, 5.41) is 6.83. The maximum absolute atomic E-state index is 12.5. The van der Waals surface area contributed by atoms with E-state index < -0.39 is 0 Å². The molecule has 1 amide bonds. The summed E-state index contributed by atoms with van der Waals surface area (Å²) in [6, 6.07) is 17.3. The third-order valence-electron chi connectivity index (χ3n) is 3.99. The van der Waals surface area contributed by atoms with E-state index in [0.29, 0.717) is 35.4 Å². The minimum absolute atomic E-state index is 0.225. The number of halogens is 1. The summed E-state index contributed by atoms with van der Waals surface area (Å²) in [6.07, 6.45) is 0. The summed E-state index contributed by atoms with van der Waals surface area (Å²) in [6.45, 7) is 4.83. The van der Waals surface area contributed by atoms with E-state index in [2.05, 4.69) is 20.6 Å². The summed E-state index contributed by atoms with van der Waals surface area (Å²) in [5.41, 5.74) is 3.62. The molecule has 6 heteroatoms. The second-order valence-corrected chi connectivity index (χ2v) is 6.77. The molecule has 138 valence electrons. The van der Waals surface area contributed by atoms with Crippen molar-refractivity contribution in [2.45, 2.75) is 26.9 Å². The fraction of sp³-hybridized carbons (Fsp3) is 0.190. The predicted molar refractivity (Wildman–Crippen MR) is 108 cm³/mol. The number of benzene rings is 2. The number of anilines is 1. The maximum atomic E-state index is 12.5. The minimum atomic E-state index is -0.225. The molecule has 0 radical (unpaired) electrons. The molecule has 3 rings (SSSR count). The van der Waals surface area contributed by atoms with Crippen molar-refractivity contribution >= 4 is 23.3 Å². The first-order valence-electron chi connectivity index (χ1n) is 8.67. The highest BCUT2D eigenvalue weighted by Crippen LogP contribution is 2.13. The van der Waals surface area contributed by atoms with E-state index in [0.717, 1.165) is 16.7 Å². The number of nitrogens with zero attached hydrogens (tertiary/aromatic N) is 2. The lowest BCUT2D eigenvalue weighted by atomic mass is 10.1. The monoisotopic (exact) mass is 380 g/mol. The predicted octanol–water partition coefficient (Wildman–Crippen LogP) is 4.29. The molecular formula is C21H21ClN4O. The Hall–Kier alpha value is -2.92. The summed E-state index contributed by atoms with van der Waals surface area (Å²) in [4.78, 5) is 21.1. The summed E-state index contributed by atoms with van der Waals surface area (Å²) >= 11 is 5.90. The van der Waals surface area contributed by atoms with E-state index in [4.69, 9.17) is 11.6 Å². The molecule has 1 heterocycles. The van der Waals surface area contributed by atoms with Gasteiger partial charge in [0, 0.05) is 24.2 Å². The molecule has 2 N–H and O–H groups in total. The summed E-state index contributed by atoms with van der Waals surface area (Å²) in [5.74, 6) is 0.923. The van der Waals surface area contributed by atoms with Crippen molar-refractivity contribution in [3.63, 3.8) is 0 Å². The van der Waals surface area contributed by atoms with Gasteiger partial charge in [-0.3, -0.25) is 4.79 Å². The number of carbonyl (C=O) groups is 1. The van der Waals surface area contributed by atoms with Crippen LogP contribution in [0.3, 0.4) is 0 Å². The van der Waals surface area contributed by atoms with E-state index in [1.165, 1.54) is 0 Å². The van der Waals surface area contributed by atoms with Crippen LogP contribution >= 0.6 is 11.6 Å². The quantitative estimate of drug-likeness (QED) is 0.669. The van der Waals surface area contributed by atoms with Crippen LogP contribution < -0.4 is 10.6 Å². The van der Waals surface area contributed by atoms with Crippen molar-refractivity contribution in [3.8, 4) is 0 Å². The van der Waals surface area contributed by atoms with Gasteiger partial charge in [-0.2, -0.15) is 0 Å². The van der Waals surface area contributed by atoms with Crippen molar-refractivity contribution in [3.05, 3.63) is 87.8 Å². The minimum Gasteiger partial charge on any atom is -0.366 e. The third kappa shape index (κ3) is 5.53. The van der Waals surface area contributed by atoms with Gasteiger partial charge in [0.15, 0.2) is 0 Å². The first-order valence-corrected chi connectivity index (χ1v) is 9.05. The molecule has 0 fully saturated rings. The van der Waals surface area contributed by atoms with Crippen LogP contribution in [0, 0.1) is 13.8 Å². The Labute approximate surface area is 163 Å². The van der Waals surface area contributed by atoms with Crippen LogP contribution in [0.25, 0.3) is 0 Å². The average molecular weight is 381 g/mol. The Morgan fingerprint density at radius 3 is 2.48 bits per heavy atom. The van der Waals surface area contributed by atoms with Crippen molar-refractivity contribution in [1.82, 2.24) is 15.3 Å². The van der Waals surface area contributed by atoms with Gasteiger partial charge >= 0.3 is 0 Å². The molecule has 0 unspecified atom stereocenters. The molecule has 0 bridgehead atoms. The van der Waals surface area contributed by atoms with Crippen LogP contribution in [-0.4, -0.2) is 15.9 Å². The highest BCUT2D eigenvalue weighted by molar-refractivity contribution is 6.30. The largest absolute Gasteiger partial charge is 0.366 e. The molecule has 0 atom stereocenters. The van der Waals surface area contributed by atoms with Crippen molar-refractivity contribution in [2.24, 2.45) is 0 Å². The molecular weight excluding hydrogens is 360 g/mol. The molecule has 0 aliphatic rings. The molecule has 27 heavy (non-hydrogen) atoms. The Bertz CT molecular complexity index is 941. The molecule has 0 aliphatic carbocycles. The lowest BCUT2D eigenvalue weighted by Crippen LogP contribution is -2.24. The van der Waals surface area contributed by atoms with Gasteiger partial charge < -0.3 is 10.6 Å². The molecule has 0 aliphatic heterocycles. The SMILES string of the molecule is Cc1cccc(CNC(=O)c2cc(NCc3ccc(Cl)cc3)nc(C)n2)c1. The standard InChI is InChI=1S/C21H21ClN4O/c1-14-4-3-5-17(10-14)13-24-21(27)19-11-20(26-15(2)25-19)23-12-16-6-8-18(22)9-7-16/h3-11H,12-13H2,1-2H3,(H,24,27)(H,23,25,26). The zero-order valence-corrected chi connectivity index (χ0v) is 16.0. The van der Waals surface area contributed by atoms with E-state index in [9.17, 15) is 4.79 Å². The van der Waals surface area contributed by atoms with Gasteiger partial charge in [-0.25, -0.2) is 9.97 Å². The second kappa shape index (κ2) is 8.64. The van der Waals surface area contributed by atoms with E-state index in [-0.39, 0.29) is 5.91 Å². The van der Waals surface area contributed by atoms with Crippen molar-refractivity contribution in [2.75, 3.05) is 5.32 Å². The Balaban J connectivity index is 1.64. The number of rotatable bonds is 6. The smallest absolute Gasteiger partial charge is 0.270 e. The normalized spacial score (nSPS) is 10.5. The third-order valence-corrected chi connectivity index (χ3v) is 4.25. The molecule has 0 saturated heterocycles. The van der Waals surface area contributed by atoms with Crippen LogP contribution in [0.1, 0.15) is 33.0 Å².